The van der Waals surface area contributed by atoms with Gasteiger partial charge < -0.3 is 10.6 Å². The summed E-state index contributed by atoms with van der Waals surface area (Å²) in [6.45, 7) is 1.57. The fraction of sp³-hybridized carbons (Fsp3) is 0.167. The highest BCUT2D eigenvalue weighted by Gasteiger charge is 2.11. The van der Waals surface area contributed by atoms with Gasteiger partial charge in [-0.15, -0.1) is 5.10 Å². The predicted octanol–water partition coefficient (Wildman–Crippen LogP) is 4.58. The minimum atomic E-state index is 0.631. The summed E-state index contributed by atoms with van der Waals surface area (Å²) in [4.78, 5) is 4.68. The Labute approximate surface area is 171 Å². The maximum Gasteiger partial charge on any atom is 0.244 e. The summed E-state index contributed by atoms with van der Waals surface area (Å²) < 4.78 is 1.86. The lowest BCUT2D eigenvalue weighted by molar-refractivity contribution is 0.864. The van der Waals surface area contributed by atoms with E-state index in [1.807, 2.05) is 47.1 Å². The molecule has 0 amide bonds. The first-order valence-electron chi connectivity index (χ1n) is 9.96. The average molecular weight is 383 g/mol. The lowest BCUT2D eigenvalue weighted by Crippen LogP contribution is -2.10. The Hall–Kier alpha value is -3.60. The molecule has 4 rings (SSSR count). The van der Waals surface area contributed by atoms with Crippen molar-refractivity contribution in [2.24, 2.45) is 0 Å². The molecule has 0 aliphatic heterocycles. The van der Waals surface area contributed by atoms with Gasteiger partial charge in [-0.05, 0) is 36.1 Å². The van der Waals surface area contributed by atoms with E-state index in [-0.39, 0.29) is 0 Å². The van der Waals surface area contributed by atoms with Gasteiger partial charge in [-0.2, -0.15) is 9.67 Å². The number of para-hydroxylation sites is 1. The van der Waals surface area contributed by atoms with E-state index in [4.69, 9.17) is 0 Å². The van der Waals surface area contributed by atoms with E-state index in [9.17, 15) is 0 Å². The van der Waals surface area contributed by atoms with Gasteiger partial charge in [-0.3, -0.25) is 0 Å². The largest absolute Gasteiger partial charge is 0.354 e. The molecule has 29 heavy (non-hydrogen) atoms. The minimum absolute atomic E-state index is 0.631. The quantitative estimate of drug-likeness (QED) is 0.444. The molecule has 1 heterocycles. The van der Waals surface area contributed by atoms with Crippen molar-refractivity contribution in [3.63, 3.8) is 0 Å². The Balaban J connectivity index is 1.43. The van der Waals surface area contributed by atoms with Gasteiger partial charge in [0.05, 0.1) is 5.69 Å². The zero-order valence-corrected chi connectivity index (χ0v) is 16.3. The van der Waals surface area contributed by atoms with Gasteiger partial charge in [0.15, 0.2) is 0 Å². The molecule has 2 N–H and O–H groups in total. The van der Waals surface area contributed by atoms with E-state index >= 15 is 0 Å². The summed E-state index contributed by atoms with van der Waals surface area (Å²) in [5, 5.41) is 11.5. The van der Waals surface area contributed by atoms with Gasteiger partial charge >= 0.3 is 0 Å². The van der Waals surface area contributed by atoms with Gasteiger partial charge in [-0.1, -0.05) is 78.9 Å². The third-order valence-electron chi connectivity index (χ3n) is 4.69. The third kappa shape index (κ3) is 5.23. The zero-order valence-electron chi connectivity index (χ0n) is 16.3. The van der Waals surface area contributed by atoms with Crippen LogP contribution in [0.5, 0.6) is 0 Å². The maximum atomic E-state index is 4.68. The number of hydrogen-bond acceptors (Lipinski definition) is 4. The molecule has 0 radical (unpaired) electrons. The standard InChI is InChI=1S/C24H25N5/c1-4-10-20(11-5-1)16-18-25-23-27-24(26-19-17-21-12-6-2-7-13-21)29(28-23)22-14-8-3-9-15-22/h1-15H,16-19H2,(H2,25,26,27,28). The van der Waals surface area contributed by atoms with Crippen molar-refractivity contribution in [2.75, 3.05) is 23.7 Å². The van der Waals surface area contributed by atoms with E-state index in [0.29, 0.717) is 5.95 Å². The molecular formula is C24H25N5. The number of anilines is 2. The molecule has 0 aliphatic carbocycles. The molecule has 4 aromatic rings. The van der Waals surface area contributed by atoms with Crippen LogP contribution in [0.3, 0.4) is 0 Å². The first kappa shape index (κ1) is 18.7. The summed E-state index contributed by atoms with van der Waals surface area (Å²) in [5.74, 6) is 1.38. The van der Waals surface area contributed by atoms with Crippen LogP contribution in [0, 0.1) is 0 Å². The third-order valence-corrected chi connectivity index (χ3v) is 4.69. The number of aromatic nitrogens is 3. The van der Waals surface area contributed by atoms with Crippen LogP contribution in [-0.4, -0.2) is 27.9 Å². The summed E-state index contributed by atoms with van der Waals surface area (Å²) in [6.07, 6.45) is 1.86. The topological polar surface area (TPSA) is 54.8 Å². The second-order valence-corrected chi connectivity index (χ2v) is 6.83. The molecule has 0 bridgehead atoms. The van der Waals surface area contributed by atoms with Crippen LogP contribution in [-0.2, 0) is 12.8 Å². The van der Waals surface area contributed by atoms with Crippen molar-refractivity contribution in [2.45, 2.75) is 12.8 Å². The van der Waals surface area contributed by atoms with Crippen LogP contribution < -0.4 is 10.6 Å². The van der Waals surface area contributed by atoms with Crippen molar-refractivity contribution in [1.82, 2.24) is 14.8 Å². The summed E-state index contributed by atoms with van der Waals surface area (Å²) >= 11 is 0. The van der Waals surface area contributed by atoms with Gasteiger partial charge in [-0.25, -0.2) is 0 Å². The molecule has 5 heteroatoms. The van der Waals surface area contributed by atoms with Gasteiger partial charge in [0.2, 0.25) is 11.9 Å². The number of rotatable bonds is 9. The van der Waals surface area contributed by atoms with Crippen LogP contribution in [0.4, 0.5) is 11.9 Å². The monoisotopic (exact) mass is 383 g/mol. The molecule has 0 atom stereocenters. The predicted molar refractivity (Wildman–Crippen MR) is 119 cm³/mol. The summed E-state index contributed by atoms with van der Waals surface area (Å²) in [5.41, 5.74) is 3.58. The smallest absolute Gasteiger partial charge is 0.244 e. The van der Waals surface area contributed by atoms with E-state index in [0.717, 1.165) is 37.6 Å². The molecule has 1 aromatic heterocycles. The second-order valence-electron chi connectivity index (χ2n) is 6.83. The van der Waals surface area contributed by atoms with E-state index in [2.05, 4.69) is 69.2 Å². The first-order valence-corrected chi connectivity index (χ1v) is 9.96. The van der Waals surface area contributed by atoms with Crippen molar-refractivity contribution in [3.05, 3.63) is 102 Å². The maximum absolute atomic E-state index is 4.68. The molecule has 0 spiro atoms. The van der Waals surface area contributed by atoms with Gasteiger partial charge in [0.25, 0.3) is 0 Å². The van der Waals surface area contributed by atoms with E-state index in [1.54, 1.807) is 0 Å². The molecule has 0 unspecified atom stereocenters. The number of hydrogen-bond donors (Lipinski definition) is 2. The van der Waals surface area contributed by atoms with Gasteiger partial charge in [0, 0.05) is 13.1 Å². The molecule has 0 saturated heterocycles. The van der Waals surface area contributed by atoms with Crippen molar-refractivity contribution >= 4 is 11.9 Å². The SMILES string of the molecule is c1ccc(CCNc2nc(NCCc3ccccc3)n(-c3ccccc3)n2)cc1. The fourth-order valence-electron chi connectivity index (χ4n) is 3.18. The Bertz CT molecular complexity index is 997. The highest BCUT2D eigenvalue weighted by atomic mass is 15.4. The lowest BCUT2D eigenvalue weighted by Gasteiger charge is -2.08. The molecule has 0 fully saturated rings. The van der Waals surface area contributed by atoms with Crippen LogP contribution in [0.25, 0.3) is 5.69 Å². The van der Waals surface area contributed by atoms with Crippen molar-refractivity contribution in [1.29, 1.82) is 0 Å². The minimum Gasteiger partial charge on any atom is -0.354 e. The first-order chi connectivity index (χ1) is 14.4. The molecule has 0 aliphatic rings. The summed E-state index contributed by atoms with van der Waals surface area (Å²) in [6, 6.07) is 31.0. The van der Waals surface area contributed by atoms with Crippen LogP contribution in [0.1, 0.15) is 11.1 Å². The number of nitrogens with zero attached hydrogens (tertiary/aromatic N) is 3. The molecule has 146 valence electrons. The Morgan fingerprint density at radius 3 is 1.72 bits per heavy atom. The molecule has 0 saturated carbocycles. The van der Waals surface area contributed by atoms with Crippen LogP contribution >= 0.6 is 0 Å². The Kier molecular flexibility index (Phi) is 6.18. The highest BCUT2D eigenvalue weighted by Crippen LogP contribution is 2.16. The normalized spacial score (nSPS) is 10.6. The van der Waals surface area contributed by atoms with E-state index < -0.39 is 0 Å². The van der Waals surface area contributed by atoms with Crippen molar-refractivity contribution < 1.29 is 0 Å². The fourth-order valence-corrected chi connectivity index (χ4v) is 3.18. The molecule has 3 aromatic carbocycles. The molecule has 5 nitrogen and oxygen atoms in total. The molecular weight excluding hydrogens is 358 g/mol. The van der Waals surface area contributed by atoms with Crippen molar-refractivity contribution in [3.8, 4) is 5.69 Å². The van der Waals surface area contributed by atoms with Gasteiger partial charge in [0.1, 0.15) is 0 Å². The Morgan fingerprint density at radius 2 is 1.14 bits per heavy atom. The number of benzene rings is 3. The second kappa shape index (κ2) is 9.55. The summed E-state index contributed by atoms with van der Waals surface area (Å²) in [7, 11) is 0. The zero-order chi connectivity index (χ0) is 19.7. The number of nitrogens with one attached hydrogen (secondary N) is 2. The van der Waals surface area contributed by atoms with E-state index in [1.165, 1.54) is 11.1 Å². The van der Waals surface area contributed by atoms with Crippen LogP contribution in [0.15, 0.2) is 91.0 Å². The highest BCUT2D eigenvalue weighted by molar-refractivity contribution is 5.44. The van der Waals surface area contributed by atoms with Crippen LogP contribution in [0.2, 0.25) is 0 Å². The Morgan fingerprint density at radius 1 is 0.621 bits per heavy atom. The average Bonchev–Trinajstić information content (AvgIpc) is 3.19. The lowest BCUT2D eigenvalue weighted by atomic mass is 10.1.